The highest BCUT2D eigenvalue weighted by atomic mass is 79.9. The van der Waals surface area contributed by atoms with Crippen LogP contribution in [0.5, 0.6) is 5.75 Å². The monoisotopic (exact) mass is 259 g/mol. The number of ether oxygens (including phenoxy) is 1. The van der Waals surface area contributed by atoms with Crippen molar-refractivity contribution in [3.63, 3.8) is 0 Å². The first kappa shape index (κ1) is 9.42. The van der Waals surface area contributed by atoms with Gasteiger partial charge in [0.25, 0.3) is 0 Å². The Morgan fingerprint density at radius 3 is 2.93 bits per heavy atom. The molecule has 1 aliphatic heterocycles. The predicted molar refractivity (Wildman–Crippen MR) is 50.5 cm³/mol. The molecule has 0 unspecified atom stereocenters. The second-order valence-corrected chi connectivity index (χ2v) is 3.84. The molecule has 0 bridgehead atoms. The van der Waals surface area contributed by atoms with Crippen LogP contribution in [0.3, 0.4) is 0 Å². The van der Waals surface area contributed by atoms with Crippen molar-refractivity contribution in [2.45, 2.75) is 12.3 Å². The SMILES string of the molecule is O=[N+]([O-])[C@H]1Oc2ccc(Br)cc2[C@H]1O. The van der Waals surface area contributed by atoms with Gasteiger partial charge in [-0.15, -0.1) is 0 Å². The molecule has 1 heterocycles. The van der Waals surface area contributed by atoms with Crippen LogP contribution in [0.25, 0.3) is 0 Å². The Labute approximate surface area is 87.6 Å². The number of benzene rings is 1. The van der Waals surface area contributed by atoms with Crippen LogP contribution in [0.4, 0.5) is 0 Å². The zero-order chi connectivity index (χ0) is 10.3. The van der Waals surface area contributed by atoms with Crippen LogP contribution in [0.2, 0.25) is 0 Å². The number of halogens is 1. The van der Waals surface area contributed by atoms with Gasteiger partial charge >= 0.3 is 6.23 Å². The molecule has 1 aliphatic rings. The van der Waals surface area contributed by atoms with Gasteiger partial charge in [-0.3, -0.25) is 10.1 Å². The summed E-state index contributed by atoms with van der Waals surface area (Å²) in [5, 5.41) is 20.0. The fourth-order valence-electron chi connectivity index (χ4n) is 1.36. The Morgan fingerprint density at radius 1 is 1.57 bits per heavy atom. The number of aliphatic hydroxyl groups is 1. The standard InChI is InChI=1S/C8H6BrNO4/c9-4-1-2-6-5(3-4)7(11)8(14-6)10(12)13/h1-3,7-8,11H/t7-,8+/m1/s1. The molecular weight excluding hydrogens is 254 g/mol. The minimum atomic E-state index is -1.39. The highest BCUT2D eigenvalue weighted by Crippen LogP contribution is 2.38. The first-order chi connectivity index (χ1) is 6.59. The van der Waals surface area contributed by atoms with E-state index in [0.717, 1.165) is 4.47 Å². The number of fused-ring (bicyclic) bond motifs is 1. The van der Waals surface area contributed by atoms with E-state index in [0.29, 0.717) is 11.3 Å². The van der Waals surface area contributed by atoms with Crippen LogP contribution in [-0.4, -0.2) is 16.3 Å². The molecule has 74 valence electrons. The molecule has 1 aromatic carbocycles. The minimum absolute atomic E-state index is 0.363. The number of nitrogens with zero attached hydrogens (tertiary/aromatic N) is 1. The van der Waals surface area contributed by atoms with E-state index >= 15 is 0 Å². The van der Waals surface area contributed by atoms with Gasteiger partial charge in [-0.2, -0.15) is 0 Å². The Kier molecular flexibility index (Phi) is 2.16. The van der Waals surface area contributed by atoms with Gasteiger partial charge in [-0.25, -0.2) is 0 Å². The van der Waals surface area contributed by atoms with E-state index in [-0.39, 0.29) is 0 Å². The van der Waals surface area contributed by atoms with Gasteiger partial charge in [-0.1, -0.05) is 15.9 Å². The third-order valence-electron chi connectivity index (χ3n) is 2.02. The van der Waals surface area contributed by atoms with E-state index in [9.17, 15) is 15.2 Å². The fraction of sp³-hybridized carbons (Fsp3) is 0.250. The van der Waals surface area contributed by atoms with Gasteiger partial charge in [0.2, 0.25) is 0 Å². The molecule has 1 N–H and O–H groups in total. The van der Waals surface area contributed by atoms with Crippen molar-refractivity contribution in [3.8, 4) is 5.75 Å². The molecule has 6 heteroatoms. The summed E-state index contributed by atoms with van der Waals surface area (Å²) < 4.78 is 5.72. The molecule has 0 aliphatic carbocycles. The first-order valence-corrected chi connectivity index (χ1v) is 4.66. The molecular formula is C8H6BrNO4. The van der Waals surface area contributed by atoms with Crippen LogP contribution in [0.15, 0.2) is 22.7 Å². The summed E-state index contributed by atoms with van der Waals surface area (Å²) in [4.78, 5) is 9.83. The Hall–Kier alpha value is -1.14. The maximum atomic E-state index is 10.5. The van der Waals surface area contributed by atoms with Crippen molar-refractivity contribution in [3.05, 3.63) is 38.3 Å². The van der Waals surface area contributed by atoms with E-state index in [1.165, 1.54) is 0 Å². The molecule has 0 spiro atoms. The van der Waals surface area contributed by atoms with Crippen LogP contribution in [0, 0.1) is 10.1 Å². The average Bonchev–Trinajstić information content (AvgIpc) is 2.44. The number of aliphatic hydroxyl groups excluding tert-OH is 1. The summed E-state index contributed by atoms with van der Waals surface area (Å²) in [7, 11) is 0. The molecule has 0 radical (unpaired) electrons. The van der Waals surface area contributed by atoms with Gasteiger partial charge in [0.05, 0.1) is 4.92 Å². The molecule has 14 heavy (non-hydrogen) atoms. The zero-order valence-electron chi connectivity index (χ0n) is 6.88. The quantitative estimate of drug-likeness (QED) is 0.613. The lowest BCUT2D eigenvalue weighted by molar-refractivity contribution is -0.572. The van der Waals surface area contributed by atoms with Crippen LogP contribution < -0.4 is 4.74 Å². The second-order valence-electron chi connectivity index (χ2n) is 2.92. The van der Waals surface area contributed by atoms with E-state index in [2.05, 4.69) is 15.9 Å². The highest BCUT2D eigenvalue weighted by Gasteiger charge is 2.41. The molecule has 2 rings (SSSR count). The van der Waals surface area contributed by atoms with E-state index in [1.54, 1.807) is 18.2 Å². The van der Waals surface area contributed by atoms with Crippen LogP contribution >= 0.6 is 15.9 Å². The topological polar surface area (TPSA) is 72.6 Å². The molecule has 5 nitrogen and oxygen atoms in total. The van der Waals surface area contributed by atoms with Gasteiger partial charge in [-0.05, 0) is 18.2 Å². The van der Waals surface area contributed by atoms with Gasteiger partial charge < -0.3 is 9.84 Å². The van der Waals surface area contributed by atoms with Crippen molar-refractivity contribution >= 4 is 15.9 Å². The number of rotatable bonds is 1. The number of nitro groups is 1. The fourth-order valence-corrected chi connectivity index (χ4v) is 1.74. The van der Waals surface area contributed by atoms with Crippen molar-refractivity contribution in [2.24, 2.45) is 0 Å². The second kappa shape index (κ2) is 3.21. The summed E-state index contributed by atoms with van der Waals surface area (Å²) in [5.74, 6) is 0.363. The Bertz CT molecular complexity index is 395. The lowest BCUT2D eigenvalue weighted by atomic mass is 10.1. The summed E-state index contributed by atoms with van der Waals surface area (Å²) in [6, 6.07) is 4.91. The van der Waals surface area contributed by atoms with Gasteiger partial charge in [0, 0.05) is 10.0 Å². The first-order valence-electron chi connectivity index (χ1n) is 3.87. The number of hydrogen-bond acceptors (Lipinski definition) is 4. The van der Waals surface area contributed by atoms with Crippen molar-refractivity contribution < 1.29 is 14.8 Å². The van der Waals surface area contributed by atoms with E-state index in [4.69, 9.17) is 4.74 Å². The van der Waals surface area contributed by atoms with Crippen molar-refractivity contribution in [1.82, 2.24) is 0 Å². The Balaban J connectivity index is 2.41. The molecule has 0 amide bonds. The predicted octanol–water partition coefficient (Wildman–Crippen LogP) is 1.48. The smallest absolute Gasteiger partial charge is 0.384 e. The third-order valence-corrected chi connectivity index (χ3v) is 2.51. The summed E-state index contributed by atoms with van der Waals surface area (Å²) in [6.07, 6.45) is -2.59. The molecule has 1 aromatic rings. The maximum absolute atomic E-state index is 10.5. The minimum Gasteiger partial charge on any atom is -0.427 e. The molecule has 2 atom stereocenters. The average molecular weight is 260 g/mol. The molecule has 0 saturated heterocycles. The number of hydrogen-bond donors (Lipinski definition) is 1. The van der Waals surface area contributed by atoms with E-state index in [1.807, 2.05) is 0 Å². The van der Waals surface area contributed by atoms with Crippen LogP contribution in [0.1, 0.15) is 11.7 Å². The molecule has 0 aromatic heterocycles. The molecule has 0 fully saturated rings. The lowest BCUT2D eigenvalue weighted by Gasteiger charge is -2.04. The largest absolute Gasteiger partial charge is 0.427 e. The van der Waals surface area contributed by atoms with Gasteiger partial charge in [0.15, 0.2) is 6.10 Å². The maximum Gasteiger partial charge on any atom is 0.384 e. The molecule has 0 saturated carbocycles. The summed E-state index contributed by atoms with van der Waals surface area (Å²) in [5.41, 5.74) is 0.445. The Morgan fingerprint density at radius 2 is 2.29 bits per heavy atom. The lowest BCUT2D eigenvalue weighted by Crippen LogP contribution is -2.27. The zero-order valence-corrected chi connectivity index (χ0v) is 8.47. The van der Waals surface area contributed by atoms with Crippen molar-refractivity contribution in [1.29, 1.82) is 0 Å². The summed E-state index contributed by atoms with van der Waals surface area (Å²) in [6.45, 7) is 0. The summed E-state index contributed by atoms with van der Waals surface area (Å²) >= 11 is 3.21. The third kappa shape index (κ3) is 1.36. The van der Waals surface area contributed by atoms with E-state index < -0.39 is 17.3 Å². The highest BCUT2D eigenvalue weighted by molar-refractivity contribution is 9.10. The normalized spacial score (nSPS) is 24.1. The van der Waals surface area contributed by atoms with Crippen molar-refractivity contribution in [2.75, 3.05) is 0 Å². The van der Waals surface area contributed by atoms with Crippen LogP contribution in [-0.2, 0) is 0 Å². The van der Waals surface area contributed by atoms with Gasteiger partial charge in [0.1, 0.15) is 5.75 Å².